The van der Waals surface area contributed by atoms with E-state index >= 15 is 0 Å². The fraction of sp³-hybridized carbons (Fsp3) is 0. The van der Waals surface area contributed by atoms with E-state index in [-0.39, 0.29) is 0 Å². The lowest BCUT2D eigenvalue weighted by Gasteiger charge is -2.21. The Labute approximate surface area is 331 Å². The van der Waals surface area contributed by atoms with Gasteiger partial charge >= 0.3 is 0 Å². The first-order chi connectivity index (χ1) is 28.2. The topological polar surface area (TPSA) is 35.1 Å². The second-order valence-corrected chi connectivity index (χ2v) is 14.1. The monoisotopic (exact) mass is 726 g/mol. The van der Waals surface area contributed by atoms with E-state index < -0.39 is 0 Å². The van der Waals surface area contributed by atoms with Gasteiger partial charge in [-0.3, -0.25) is 0 Å². The number of benzene rings is 8. The Morgan fingerprint density at radius 2 is 0.825 bits per heavy atom. The Kier molecular flexibility index (Phi) is 8.52. The van der Waals surface area contributed by atoms with Crippen LogP contribution in [-0.4, -0.2) is 14.5 Å². The highest BCUT2D eigenvalue weighted by Crippen LogP contribution is 2.45. The molecule has 0 bridgehead atoms. The van der Waals surface area contributed by atoms with E-state index in [1.165, 1.54) is 0 Å². The van der Waals surface area contributed by atoms with Crippen LogP contribution in [0, 0.1) is 6.57 Å². The second kappa shape index (κ2) is 14.4. The van der Waals surface area contributed by atoms with Crippen LogP contribution in [0.25, 0.3) is 99.6 Å². The summed E-state index contributed by atoms with van der Waals surface area (Å²) in [5, 5.41) is 2.13. The Bertz CT molecular complexity index is 2980. The minimum Gasteiger partial charge on any atom is -0.308 e. The van der Waals surface area contributed by atoms with E-state index in [4.69, 9.17) is 16.5 Å². The van der Waals surface area contributed by atoms with E-state index in [9.17, 15) is 0 Å². The van der Waals surface area contributed by atoms with Gasteiger partial charge < -0.3 is 4.57 Å². The van der Waals surface area contributed by atoms with Crippen LogP contribution >= 0.6 is 0 Å². The molecule has 4 heteroatoms. The largest absolute Gasteiger partial charge is 0.308 e. The molecule has 0 saturated carbocycles. The summed E-state index contributed by atoms with van der Waals surface area (Å²) in [6, 6.07) is 71.7. The van der Waals surface area contributed by atoms with Crippen LogP contribution in [0.3, 0.4) is 0 Å². The van der Waals surface area contributed by atoms with Crippen molar-refractivity contribution in [1.82, 2.24) is 14.5 Å². The smallest absolute Gasteiger partial charge is 0.188 e. The zero-order valence-electron chi connectivity index (χ0n) is 30.9. The molecule has 2 aromatic heterocycles. The Hall–Kier alpha value is -7.87. The predicted molar refractivity (Wildman–Crippen MR) is 235 cm³/mol. The van der Waals surface area contributed by atoms with Crippen molar-refractivity contribution in [3.63, 3.8) is 0 Å². The number of aromatic nitrogens is 3. The lowest BCUT2D eigenvalue weighted by Crippen LogP contribution is -2.02. The summed E-state index contributed by atoms with van der Waals surface area (Å²) in [4.78, 5) is 14.2. The van der Waals surface area contributed by atoms with Crippen molar-refractivity contribution in [3.8, 4) is 73.0 Å². The van der Waals surface area contributed by atoms with Gasteiger partial charge in [-0.05, 0) is 70.1 Å². The fourth-order valence-electron chi connectivity index (χ4n) is 7.90. The normalized spacial score (nSPS) is 11.1. The van der Waals surface area contributed by atoms with Crippen LogP contribution in [0.1, 0.15) is 0 Å². The number of fused-ring (bicyclic) bond motifs is 3. The molecule has 0 amide bonds. The van der Waals surface area contributed by atoms with Gasteiger partial charge in [0.25, 0.3) is 0 Å². The average molecular weight is 727 g/mol. The number of hydrogen-bond donors (Lipinski definition) is 0. The molecular weight excluding hydrogens is 693 g/mol. The van der Waals surface area contributed by atoms with E-state index in [1.807, 2.05) is 54.6 Å². The third-order valence-corrected chi connectivity index (χ3v) is 10.6. The number of rotatable bonds is 7. The maximum atomic E-state index is 7.92. The predicted octanol–water partition coefficient (Wildman–Crippen LogP) is 14.1. The minimum absolute atomic E-state index is 0.612. The van der Waals surface area contributed by atoms with E-state index in [0.29, 0.717) is 11.5 Å². The third-order valence-electron chi connectivity index (χ3n) is 10.6. The molecule has 0 unspecified atom stereocenters. The molecule has 0 fully saturated rings. The van der Waals surface area contributed by atoms with Crippen molar-refractivity contribution in [2.75, 3.05) is 0 Å². The van der Waals surface area contributed by atoms with Crippen molar-refractivity contribution in [2.45, 2.75) is 0 Å². The molecule has 266 valence electrons. The van der Waals surface area contributed by atoms with Gasteiger partial charge in [0.2, 0.25) is 0 Å². The first kappa shape index (κ1) is 33.7. The fourth-order valence-corrected chi connectivity index (χ4v) is 7.90. The lowest BCUT2D eigenvalue weighted by atomic mass is 9.91. The first-order valence-corrected chi connectivity index (χ1v) is 19.0. The Morgan fingerprint density at radius 1 is 0.368 bits per heavy atom. The summed E-state index contributed by atoms with van der Waals surface area (Å²) in [6.45, 7) is 7.92. The lowest BCUT2D eigenvalue weighted by molar-refractivity contribution is 1.17. The molecule has 4 nitrogen and oxygen atoms in total. The molecule has 0 spiro atoms. The van der Waals surface area contributed by atoms with Gasteiger partial charge in [-0.2, -0.15) is 0 Å². The molecule has 10 aromatic rings. The molecule has 0 atom stereocenters. The van der Waals surface area contributed by atoms with Crippen LogP contribution in [0.5, 0.6) is 0 Å². The van der Waals surface area contributed by atoms with Crippen molar-refractivity contribution in [2.24, 2.45) is 0 Å². The van der Waals surface area contributed by atoms with Crippen LogP contribution in [0.4, 0.5) is 5.69 Å². The Balaban J connectivity index is 1.31. The maximum absolute atomic E-state index is 7.92. The summed E-state index contributed by atoms with van der Waals surface area (Å²) in [6.07, 6.45) is 0. The van der Waals surface area contributed by atoms with Crippen LogP contribution in [0.15, 0.2) is 206 Å². The summed E-state index contributed by atoms with van der Waals surface area (Å²) in [5.74, 6) is 0.672. The van der Waals surface area contributed by atoms with Crippen molar-refractivity contribution >= 4 is 27.5 Å². The summed E-state index contributed by atoms with van der Waals surface area (Å²) in [7, 11) is 0. The van der Waals surface area contributed by atoms with Crippen LogP contribution in [0.2, 0.25) is 0 Å². The summed E-state index contributed by atoms with van der Waals surface area (Å²) >= 11 is 0. The number of nitrogens with zero attached hydrogens (tertiary/aromatic N) is 4. The third kappa shape index (κ3) is 6.24. The molecule has 0 N–H and O–H groups in total. The van der Waals surface area contributed by atoms with Gasteiger partial charge in [-0.1, -0.05) is 164 Å². The van der Waals surface area contributed by atoms with Gasteiger partial charge in [-0.25, -0.2) is 14.8 Å². The van der Waals surface area contributed by atoms with Gasteiger partial charge in [0.05, 0.1) is 34.7 Å². The highest BCUT2D eigenvalue weighted by Gasteiger charge is 2.23. The Morgan fingerprint density at radius 3 is 1.37 bits per heavy atom. The molecule has 10 rings (SSSR count). The van der Waals surface area contributed by atoms with Crippen molar-refractivity contribution in [1.29, 1.82) is 0 Å². The molecule has 0 aliphatic heterocycles. The quantitative estimate of drug-likeness (QED) is 0.153. The molecule has 0 aliphatic rings. The van der Waals surface area contributed by atoms with Crippen LogP contribution < -0.4 is 0 Å². The summed E-state index contributed by atoms with van der Waals surface area (Å²) in [5.41, 5.74) is 15.0. The molecule has 0 aliphatic carbocycles. The van der Waals surface area contributed by atoms with Crippen molar-refractivity contribution < 1.29 is 0 Å². The van der Waals surface area contributed by atoms with E-state index in [2.05, 4.69) is 161 Å². The molecule has 8 aromatic carbocycles. The highest BCUT2D eigenvalue weighted by molar-refractivity contribution is 6.13. The average Bonchev–Trinajstić information content (AvgIpc) is 3.62. The molecule has 0 radical (unpaired) electrons. The van der Waals surface area contributed by atoms with Gasteiger partial charge in [0.1, 0.15) is 0 Å². The molecule has 2 heterocycles. The second-order valence-electron chi connectivity index (χ2n) is 14.1. The highest BCUT2D eigenvalue weighted by atomic mass is 15.0. The van der Waals surface area contributed by atoms with E-state index in [0.717, 1.165) is 89.0 Å². The molecular formula is C53H34N4. The molecule has 57 heavy (non-hydrogen) atoms. The SMILES string of the molecule is [C-]#[N+]c1ccc2c(c1)c1cc(-c3ccccc3)ccc1n2-c1c(-c2ccccc2)cc(-c2cc(-c3ccccc3)nc(-c3ccccc3)n2)cc1-c1ccccc1. The first-order valence-electron chi connectivity index (χ1n) is 19.0. The zero-order valence-corrected chi connectivity index (χ0v) is 30.9. The zero-order chi connectivity index (χ0) is 38.1. The standard InChI is InChI=1S/C53H34N4/c1-54-43-28-30-51-47(34-43)46-31-41(36-17-7-2-8-18-36)27-29-50(46)57(51)52-44(37-19-9-3-10-20-37)32-42(33-45(52)38-21-11-4-12-22-38)49-35-48(39-23-13-5-14-24-39)55-53(56-49)40-25-15-6-16-26-40/h2-35H. The van der Waals surface area contributed by atoms with E-state index in [1.54, 1.807) is 0 Å². The summed E-state index contributed by atoms with van der Waals surface area (Å²) < 4.78 is 2.40. The number of hydrogen-bond acceptors (Lipinski definition) is 2. The molecule has 0 saturated heterocycles. The van der Waals surface area contributed by atoms with Crippen molar-refractivity contribution in [3.05, 3.63) is 218 Å². The maximum Gasteiger partial charge on any atom is 0.188 e. The minimum atomic E-state index is 0.612. The van der Waals surface area contributed by atoms with Gasteiger partial charge in [0.15, 0.2) is 11.5 Å². The van der Waals surface area contributed by atoms with Gasteiger partial charge in [0, 0.05) is 33.2 Å². The van der Waals surface area contributed by atoms with Crippen LogP contribution in [-0.2, 0) is 0 Å². The van der Waals surface area contributed by atoms with Gasteiger partial charge in [-0.15, -0.1) is 0 Å².